The Hall–Kier alpha value is -1.73. The van der Waals surface area contributed by atoms with E-state index in [1.807, 2.05) is 0 Å². The molecule has 1 aliphatic rings. The van der Waals surface area contributed by atoms with E-state index in [0.717, 1.165) is 17.5 Å². The summed E-state index contributed by atoms with van der Waals surface area (Å²) in [7, 11) is -3.71. The maximum atomic E-state index is 11.8. The minimum Gasteiger partial charge on any atom is -0.349 e. The molecule has 0 saturated heterocycles. The molecule has 0 radical (unpaired) electrons. The number of hydrogen-bond donors (Lipinski definition) is 2. The van der Waals surface area contributed by atoms with E-state index in [2.05, 4.69) is 5.32 Å². The number of carbonyl (C=O) groups excluding carboxylic acids is 2. The van der Waals surface area contributed by atoms with Crippen LogP contribution in [0.15, 0.2) is 23.1 Å². The maximum absolute atomic E-state index is 11.8. The zero-order valence-electron chi connectivity index (χ0n) is 11.8. The molecule has 0 saturated carbocycles. The third-order valence-electron chi connectivity index (χ3n) is 3.56. The van der Waals surface area contributed by atoms with E-state index in [9.17, 15) is 18.0 Å². The van der Waals surface area contributed by atoms with E-state index in [1.54, 1.807) is 12.1 Å². The average molecular weight is 310 g/mol. The number of carbonyl (C=O) groups is 2. The van der Waals surface area contributed by atoms with Gasteiger partial charge < -0.3 is 10.1 Å². The third kappa shape index (κ3) is 3.89. The molecule has 1 unspecified atom stereocenters. The molecule has 21 heavy (non-hydrogen) atoms. The number of aryl methyl sites for hydroxylation is 1. The molecule has 3 N–H and O–H groups in total. The summed E-state index contributed by atoms with van der Waals surface area (Å²) in [6.45, 7) is 1.45. The van der Waals surface area contributed by atoms with Crippen LogP contribution in [0.3, 0.4) is 0 Å². The zero-order chi connectivity index (χ0) is 15.6. The Balaban J connectivity index is 2.09. The van der Waals surface area contributed by atoms with Gasteiger partial charge in [-0.15, -0.1) is 0 Å². The van der Waals surface area contributed by atoms with Crippen LogP contribution in [0.25, 0.3) is 0 Å². The second-order valence-corrected chi connectivity index (χ2v) is 6.83. The number of nitrogens with two attached hydrogens (primary N) is 1. The smallest absolute Gasteiger partial charge is 0.238 e. The lowest BCUT2D eigenvalue weighted by atomic mass is 10.1. The molecule has 1 atom stereocenters. The molecule has 6 nitrogen and oxygen atoms in total. The highest BCUT2D eigenvalue weighted by atomic mass is 32.2. The molecule has 2 rings (SSSR count). The van der Waals surface area contributed by atoms with Crippen LogP contribution < -0.4 is 10.5 Å². The Morgan fingerprint density at radius 2 is 2.05 bits per heavy atom. The van der Waals surface area contributed by atoms with Gasteiger partial charge in [-0.3, -0.25) is 4.79 Å². The number of benzene rings is 1. The largest absolute Gasteiger partial charge is 0.349 e. The predicted octanol–water partition coefficient (Wildman–Crippen LogP) is 0.807. The summed E-state index contributed by atoms with van der Waals surface area (Å²) < 4.78 is 22.6. The fourth-order valence-corrected chi connectivity index (χ4v) is 3.04. The van der Waals surface area contributed by atoms with Gasteiger partial charge in [0.05, 0.1) is 10.9 Å². The Bertz CT molecular complexity index is 682. The van der Waals surface area contributed by atoms with Crippen molar-refractivity contribution >= 4 is 21.7 Å². The minimum atomic E-state index is -3.71. The highest BCUT2D eigenvalue weighted by molar-refractivity contribution is 7.89. The molecule has 1 aromatic carbocycles. The van der Waals surface area contributed by atoms with Gasteiger partial charge in [0, 0.05) is 12.8 Å². The second-order valence-electron chi connectivity index (χ2n) is 5.27. The van der Waals surface area contributed by atoms with Gasteiger partial charge in [-0.1, -0.05) is 6.07 Å². The first-order chi connectivity index (χ1) is 9.77. The summed E-state index contributed by atoms with van der Waals surface area (Å²) in [4.78, 5) is 22.7. The molecular formula is C14H18N2O4S. The van der Waals surface area contributed by atoms with Crippen molar-refractivity contribution < 1.29 is 18.0 Å². The summed E-state index contributed by atoms with van der Waals surface area (Å²) in [6.07, 6.45) is 1.82. The van der Waals surface area contributed by atoms with Gasteiger partial charge in [-0.05, 0) is 43.0 Å². The molecule has 0 spiro atoms. The highest BCUT2D eigenvalue weighted by Gasteiger charge is 2.25. The van der Waals surface area contributed by atoms with Crippen molar-refractivity contribution in [1.82, 2.24) is 5.32 Å². The van der Waals surface area contributed by atoms with E-state index < -0.39 is 10.0 Å². The Kier molecular flexibility index (Phi) is 4.43. The number of Topliss-reactive ketones (excluding diaryl/α,β-unsaturated/α-hetero) is 1. The first kappa shape index (κ1) is 15.7. The molecule has 7 heteroatoms. The molecule has 1 amide bonds. The lowest BCUT2D eigenvalue weighted by Crippen LogP contribution is -2.27. The number of rotatable bonds is 5. The van der Waals surface area contributed by atoms with Crippen LogP contribution >= 0.6 is 0 Å². The lowest BCUT2D eigenvalue weighted by Gasteiger charge is -2.14. The number of ketones is 1. The summed E-state index contributed by atoms with van der Waals surface area (Å²) in [6, 6.07) is 4.58. The minimum absolute atomic E-state index is 0.0187. The molecule has 1 aliphatic carbocycles. The van der Waals surface area contributed by atoms with Crippen LogP contribution in [-0.2, 0) is 26.0 Å². The summed E-state index contributed by atoms with van der Waals surface area (Å²) in [5.41, 5.74) is 1.80. The number of amides is 1. The molecule has 0 bridgehead atoms. The lowest BCUT2D eigenvalue weighted by molar-refractivity contribution is -0.125. The maximum Gasteiger partial charge on any atom is 0.238 e. The van der Waals surface area contributed by atoms with Gasteiger partial charge in [-0.25, -0.2) is 13.6 Å². The Labute approximate surface area is 123 Å². The molecule has 1 aromatic rings. The van der Waals surface area contributed by atoms with Crippen molar-refractivity contribution in [3.05, 3.63) is 29.3 Å². The standard InChI is InChI=1S/C14H18N2O4S/c1-9(17)2-7-14(18)16-13-6-3-10-8-11(21(15,19)20)4-5-12(10)13/h4-5,8,13H,2-3,6-7H2,1H3,(H,16,18)(H2,15,19,20). The summed E-state index contributed by atoms with van der Waals surface area (Å²) >= 11 is 0. The van der Waals surface area contributed by atoms with Gasteiger partial charge in [-0.2, -0.15) is 0 Å². The van der Waals surface area contributed by atoms with Crippen molar-refractivity contribution in [3.63, 3.8) is 0 Å². The van der Waals surface area contributed by atoms with E-state index in [0.29, 0.717) is 6.42 Å². The van der Waals surface area contributed by atoms with Crippen LogP contribution in [0.4, 0.5) is 0 Å². The molecule has 0 aliphatic heterocycles. The van der Waals surface area contributed by atoms with Crippen LogP contribution in [0, 0.1) is 0 Å². The van der Waals surface area contributed by atoms with Crippen molar-refractivity contribution in [3.8, 4) is 0 Å². The first-order valence-corrected chi connectivity index (χ1v) is 8.26. The van der Waals surface area contributed by atoms with Crippen molar-refractivity contribution in [1.29, 1.82) is 0 Å². The first-order valence-electron chi connectivity index (χ1n) is 6.72. The zero-order valence-corrected chi connectivity index (χ0v) is 12.6. The van der Waals surface area contributed by atoms with E-state index in [1.165, 1.54) is 13.0 Å². The average Bonchev–Trinajstić information content (AvgIpc) is 2.78. The van der Waals surface area contributed by atoms with E-state index >= 15 is 0 Å². The van der Waals surface area contributed by atoms with Gasteiger partial charge in [0.25, 0.3) is 0 Å². The molecule has 114 valence electrons. The van der Waals surface area contributed by atoms with Crippen molar-refractivity contribution in [2.24, 2.45) is 5.14 Å². The fourth-order valence-electron chi connectivity index (χ4n) is 2.48. The topological polar surface area (TPSA) is 106 Å². The van der Waals surface area contributed by atoms with Crippen LogP contribution in [-0.4, -0.2) is 20.1 Å². The molecule has 0 fully saturated rings. The van der Waals surface area contributed by atoms with Gasteiger partial charge in [0.2, 0.25) is 15.9 Å². The SMILES string of the molecule is CC(=O)CCC(=O)NC1CCc2cc(S(N)(=O)=O)ccc21. The Morgan fingerprint density at radius 3 is 2.67 bits per heavy atom. The van der Waals surface area contributed by atoms with Crippen LogP contribution in [0.1, 0.15) is 43.4 Å². The number of primary sulfonamides is 1. The number of sulfonamides is 1. The van der Waals surface area contributed by atoms with E-state index in [-0.39, 0.29) is 35.5 Å². The van der Waals surface area contributed by atoms with E-state index in [4.69, 9.17) is 5.14 Å². The number of fused-ring (bicyclic) bond motifs is 1. The molecule has 0 aromatic heterocycles. The molecular weight excluding hydrogens is 292 g/mol. The monoisotopic (exact) mass is 310 g/mol. The predicted molar refractivity (Wildman–Crippen MR) is 76.9 cm³/mol. The fraction of sp³-hybridized carbons (Fsp3) is 0.429. The molecule has 0 heterocycles. The Morgan fingerprint density at radius 1 is 1.33 bits per heavy atom. The third-order valence-corrected chi connectivity index (χ3v) is 4.47. The van der Waals surface area contributed by atoms with Crippen molar-refractivity contribution in [2.75, 3.05) is 0 Å². The highest BCUT2D eigenvalue weighted by Crippen LogP contribution is 2.32. The van der Waals surface area contributed by atoms with Crippen molar-refractivity contribution in [2.45, 2.75) is 43.5 Å². The van der Waals surface area contributed by atoms with Gasteiger partial charge in [0.1, 0.15) is 5.78 Å². The van der Waals surface area contributed by atoms with Crippen LogP contribution in [0.5, 0.6) is 0 Å². The summed E-state index contributed by atoms with van der Waals surface area (Å²) in [5, 5.41) is 7.98. The van der Waals surface area contributed by atoms with Gasteiger partial charge in [0.15, 0.2) is 0 Å². The number of hydrogen-bond acceptors (Lipinski definition) is 4. The summed E-state index contributed by atoms with van der Waals surface area (Å²) in [5.74, 6) is -0.187. The normalized spacial score (nSPS) is 17.3. The van der Waals surface area contributed by atoms with Crippen LogP contribution in [0.2, 0.25) is 0 Å². The number of nitrogens with one attached hydrogen (secondary N) is 1. The quantitative estimate of drug-likeness (QED) is 0.839. The second kappa shape index (κ2) is 5.95. The van der Waals surface area contributed by atoms with Gasteiger partial charge >= 0.3 is 0 Å².